The lowest BCUT2D eigenvalue weighted by Crippen LogP contribution is -2.25. The minimum atomic E-state index is -0.782. The van der Waals surface area contributed by atoms with E-state index in [9.17, 15) is 9.00 Å². The fraction of sp³-hybridized carbons (Fsp3) is 0.500. The molecule has 1 aromatic rings. The minimum absolute atomic E-state index is 0.159. The lowest BCUT2D eigenvalue weighted by molar-refractivity contribution is 0.0949. The summed E-state index contributed by atoms with van der Waals surface area (Å²) in [7, 11) is -0.782. The first kappa shape index (κ1) is 11.3. The molecule has 0 radical (unpaired) electrons. The van der Waals surface area contributed by atoms with Gasteiger partial charge in [0, 0.05) is 34.7 Å². The van der Waals surface area contributed by atoms with Crippen molar-refractivity contribution in [3.05, 3.63) is 16.6 Å². The van der Waals surface area contributed by atoms with Crippen LogP contribution in [0.15, 0.2) is 10.9 Å². The van der Waals surface area contributed by atoms with Gasteiger partial charge in [-0.05, 0) is 6.42 Å². The van der Waals surface area contributed by atoms with E-state index in [1.165, 1.54) is 11.3 Å². The van der Waals surface area contributed by atoms with Crippen molar-refractivity contribution in [2.45, 2.75) is 6.42 Å². The molecule has 0 aliphatic carbocycles. The first-order chi connectivity index (χ1) is 6.70. The molecule has 1 rings (SSSR count). The Morgan fingerprint density at radius 3 is 3.07 bits per heavy atom. The van der Waals surface area contributed by atoms with E-state index in [0.29, 0.717) is 18.0 Å². The molecule has 0 aliphatic heterocycles. The monoisotopic (exact) mass is 232 g/mol. The molecule has 0 aliphatic rings. The van der Waals surface area contributed by atoms with E-state index in [1.807, 2.05) is 0 Å². The Kier molecular flexibility index (Phi) is 4.75. The topological polar surface area (TPSA) is 59.1 Å². The standard InChI is InChI=1S/C8H12N2O2S2/c1-14(12)4-2-3-9-8(11)7-5-13-6-10-7/h5-6H,2-4H2,1H3,(H,9,11). The third-order valence-electron chi connectivity index (χ3n) is 1.56. The number of hydrogen-bond donors (Lipinski definition) is 1. The van der Waals surface area contributed by atoms with E-state index in [4.69, 9.17) is 0 Å². The number of carbonyl (C=O) groups excluding carboxylic acids is 1. The van der Waals surface area contributed by atoms with Crippen molar-refractivity contribution in [2.75, 3.05) is 18.6 Å². The zero-order chi connectivity index (χ0) is 10.4. The summed E-state index contributed by atoms with van der Waals surface area (Å²) in [4.78, 5) is 15.2. The number of nitrogens with one attached hydrogen (secondary N) is 1. The molecule has 1 unspecified atom stereocenters. The average molecular weight is 232 g/mol. The molecule has 4 nitrogen and oxygen atoms in total. The van der Waals surface area contributed by atoms with Gasteiger partial charge < -0.3 is 5.32 Å². The molecule has 6 heteroatoms. The van der Waals surface area contributed by atoms with Gasteiger partial charge in [-0.15, -0.1) is 11.3 Å². The van der Waals surface area contributed by atoms with E-state index >= 15 is 0 Å². The Morgan fingerprint density at radius 1 is 1.71 bits per heavy atom. The molecule has 0 saturated carbocycles. The number of thiazole rings is 1. The van der Waals surface area contributed by atoms with Gasteiger partial charge in [0.15, 0.2) is 0 Å². The maximum Gasteiger partial charge on any atom is 0.270 e. The van der Waals surface area contributed by atoms with Gasteiger partial charge >= 0.3 is 0 Å². The van der Waals surface area contributed by atoms with E-state index in [2.05, 4.69) is 10.3 Å². The van der Waals surface area contributed by atoms with Crippen molar-refractivity contribution in [1.29, 1.82) is 0 Å². The number of nitrogens with zero attached hydrogens (tertiary/aromatic N) is 1. The smallest absolute Gasteiger partial charge is 0.270 e. The Hall–Kier alpha value is -0.750. The molecule has 0 fully saturated rings. The van der Waals surface area contributed by atoms with Crippen LogP contribution in [-0.2, 0) is 10.8 Å². The van der Waals surface area contributed by atoms with Crippen LogP contribution < -0.4 is 5.32 Å². The van der Waals surface area contributed by atoms with Gasteiger partial charge in [-0.3, -0.25) is 9.00 Å². The SMILES string of the molecule is CS(=O)CCCNC(=O)c1cscn1. The van der Waals surface area contributed by atoms with Crippen LogP contribution in [0.25, 0.3) is 0 Å². The van der Waals surface area contributed by atoms with Crippen LogP contribution in [-0.4, -0.2) is 33.7 Å². The second kappa shape index (κ2) is 5.87. The Morgan fingerprint density at radius 2 is 2.50 bits per heavy atom. The summed E-state index contributed by atoms with van der Waals surface area (Å²) in [6.07, 6.45) is 2.39. The van der Waals surface area contributed by atoms with Gasteiger partial charge in [0.25, 0.3) is 5.91 Å². The third kappa shape index (κ3) is 3.97. The highest BCUT2D eigenvalue weighted by atomic mass is 32.2. The van der Waals surface area contributed by atoms with Gasteiger partial charge in [-0.25, -0.2) is 4.98 Å². The van der Waals surface area contributed by atoms with Crippen LogP contribution in [0.3, 0.4) is 0 Å². The summed E-state index contributed by atoms with van der Waals surface area (Å²) in [6, 6.07) is 0. The molecule has 1 amide bonds. The van der Waals surface area contributed by atoms with Gasteiger partial charge in [0.2, 0.25) is 0 Å². The predicted molar refractivity (Wildman–Crippen MR) is 58.0 cm³/mol. The summed E-state index contributed by atoms with van der Waals surface area (Å²) in [5.41, 5.74) is 2.07. The van der Waals surface area contributed by atoms with Gasteiger partial charge in [-0.2, -0.15) is 0 Å². The van der Waals surface area contributed by atoms with Crippen LogP contribution in [0.1, 0.15) is 16.9 Å². The lowest BCUT2D eigenvalue weighted by Gasteiger charge is -2.01. The quantitative estimate of drug-likeness (QED) is 0.758. The largest absolute Gasteiger partial charge is 0.351 e. The van der Waals surface area contributed by atoms with Crippen LogP contribution >= 0.6 is 11.3 Å². The Labute approximate surface area is 89.2 Å². The highest BCUT2D eigenvalue weighted by Gasteiger charge is 2.05. The number of aromatic nitrogens is 1. The molecule has 1 heterocycles. The van der Waals surface area contributed by atoms with Gasteiger partial charge in [-0.1, -0.05) is 0 Å². The molecule has 1 aromatic heterocycles. The zero-order valence-corrected chi connectivity index (χ0v) is 9.49. The van der Waals surface area contributed by atoms with Crippen molar-refractivity contribution in [1.82, 2.24) is 10.3 Å². The van der Waals surface area contributed by atoms with E-state index in [-0.39, 0.29) is 5.91 Å². The summed E-state index contributed by atoms with van der Waals surface area (Å²) < 4.78 is 10.7. The average Bonchev–Trinajstić information content (AvgIpc) is 2.64. The van der Waals surface area contributed by atoms with Crippen LogP contribution in [0.2, 0.25) is 0 Å². The zero-order valence-electron chi connectivity index (χ0n) is 7.86. The highest BCUT2D eigenvalue weighted by Crippen LogP contribution is 1.99. The summed E-state index contributed by atoms with van der Waals surface area (Å²) in [5.74, 6) is 0.463. The lowest BCUT2D eigenvalue weighted by atomic mass is 10.4. The predicted octanol–water partition coefficient (Wildman–Crippen LogP) is 0.641. The van der Waals surface area contributed by atoms with Gasteiger partial charge in [0.1, 0.15) is 5.69 Å². The van der Waals surface area contributed by atoms with Crippen LogP contribution in [0.5, 0.6) is 0 Å². The fourth-order valence-electron chi connectivity index (χ4n) is 0.893. The number of hydrogen-bond acceptors (Lipinski definition) is 4. The highest BCUT2D eigenvalue weighted by molar-refractivity contribution is 7.84. The summed E-state index contributed by atoms with van der Waals surface area (Å²) in [6.45, 7) is 0.552. The maximum atomic E-state index is 11.3. The Balaban J connectivity index is 2.19. The maximum absolute atomic E-state index is 11.3. The van der Waals surface area contributed by atoms with Crippen molar-refractivity contribution in [3.8, 4) is 0 Å². The summed E-state index contributed by atoms with van der Waals surface area (Å²) in [5, 5.41) is 4.41. The first-order valence-electron chi connectivity index (χ1n) is 4.16. The van der Waals surface area contributed by atoms with E-state index in [1.54, 1.807) is 17.1 Å². The molecule has 0 aromatic carbocycles. The van der Waals surface area contributed by atoms with Crippen molar-refractivity contribution in [3.63, 3.8) is 0 Å². The first-order valence-corrected chi connectivity index (χ1v) is 6.83. The number of carbonyl (C=O) groups is 1. The summed E-state index contributed by atoms with van der Waals surface area (Å²) >= 11 is 1.39. The second-order valence-corrected chi connectivity index (χ2v) is 5.03. The normalized spacial score (nSPS) is 12.4. The van der Waals surface area contributed by atoms with Crippen molar-refractivity contribution in [2.24, 2.45) is 0 Å². The number of rotatable bonds is 5. The second-order valence-electron chi connectivity index (χ2n) is 2.76. The van der Waals surface area contributed by atoms with Crippen molar-refractivity contribution < 1.29 is 9.00 Å². The van der Waals surface area contributed by atoms with Crippen molar-refractivity contribution >= 4 is 28.0 Å². The molecule has 14 heavy (non-hydrogen) atoms. The van der Waals surface area contributed by atoms with E-state index in [0.717, 1.165) is 6.42 Å². The van der Waals surface area contributed by atoms with Crippen LogP contribution in [0, 0.1) is 0 Å². The van der Waals surface area contributed by atoms with Crippen LogP contribution in [0.4, 0.5) is 0 Å². The third-order valence-corrected chi connectivity index (χ3v) is 3.01. The molecular formula is C8H12N2O2S2. The fourth-order valence-corrected chi connectivity index (χ4v) is 1.98. The van der Waals surface area contributed by atoms with E-state index < -0.39 is 10.8 Å². The molecular weight excluding hydrogens is 220 g/mol. The molecule has 1 atom stereocenters. The molecule has 78 valence electrons. The Bertz CT molecular complexity index is 311. The van der Waals surface area contributed by atoms with Gasteiger partial charge in [0.05, 0.1) is 5.51 Å². The number of amides is 1. The molecule has 0 bridgehead atoms. The molecule has 0 spiro atoms. The minimum Gasteiger partial charge on any atom is -0.351 e. The molecule has 0 saturated heterocycles. The molecule has 1 N–H and O–H groups in total.